The highest BCUT2D eigenvalue weighted by Crippen LogP contribution is 2.35. The lowest BCUT2D eigenvalue weighted by molar-refractivity contribution is 0.108. The summed E-state index contributed by atoms with van der Waals surface area (Å²) in [5, 5.41) is 13.8. The zero-order valence-corrected chi connectivity index (χ0v) is 23.2. The van der Waals surface area contributed by atoms with Crippen LogP contribution >= 0.6 is 0 Å². The highest BCUT2D eigenvalue weighted by Gasteiger charge is 2.24. The molecule has 206 valence electrons. The van der Waals surface area contributed by atoms with Gasteiger partial charge in [0.2, 0.25) is 10.0 Å². The molecule has 4 aromatic rings. The first-order valence-electron chi connectivity index (χ1n) is 13.1. The molecule has 3 heterocycles. The largest absolute Gasteiger partial charge is 0.491 e. The first-order chi connectivity index (χ1) is 18.7. The molecule has 0 saturated carbocycles. The van der Waals surface area contributed by atoms with Gasteiger partial charge >= 0.3 is 0 Å². The van der Waals surface area contributed by atoms with Crippen molar-refractivity contribution >= 4 is 20.9 Å². The molecule has 0 amide bonds. The van der Waals surface area contributed by atoms with Crippen molar-refractivity contribution in [2.24, 2.45) is 5.92 Å². The number of nitrogens with zero attached hydrogens (tertiary/aromatic N) is 3. The first kappa shape index (κ1) is 27.3. The van der Waals surface area contributed by atoms with Gasteiger partial charge in [0.05, 0.1) is 17.5 Å². The van der Waals surface area contributed by atoms with Crippen molar-refractivity contribution in [2.45, 2.75) is 25.9 Å². The average molecular weight is 551 g/mol. The van der Waals surface area contributed by atoms with Gasteiger partial charge in [-0.05, 0) is 56.5 Å². The SMILES string of the molecule is CNC[C@@H](O)COc1cccc(-c2nc(C[C@@H]3CCOC3)c(C)c(-c3cn(S(C)(=O)=O)c4ccccc34)n2)c1. The van der Waals surface area contributed by atoms with E-state index in [1.165, 1.54) is 10.2 Å². The van der Waals surface area contributed by atoms with Gasteiger partial charge in [-0.2, -0.15) is 0 Å². The molecule has 0 spiro atoms. The fraction of sp³-hybridized carbons (Fsp3) is 0.379. The quantitative estimate of drug-likeness (QED) is 0.309. The molecular formula is C29H34N4O5S. The molecular weight excluding hydrogens is 516 g/mol. The van der Waals surface area contributed by atoms with Crippen LogP contribution in [0.3, 0.4) is 0 Å². The summed E-state index contributed by atoms with van der Waals surface area (Å²) in [6.45, 7) is 4.02. The Kier molecular flexibility index (Phi) is 7.99. The summed E-state index contributed by atoms with van der Waals surface area (Å²) in [6, 6.07) is 14.9. The Bertz CT molecular complexity index is 1580. The van der Waals surface area contributed by atoms with E-state index in [2.05, 4.69) is 5.32 Å². The molecule has 0 unspecified atom stereocenters. The lowest BCUT2D eigenvalue weighted by Crippen LogP contribution is -2.29. The lowest BCUT2D eigenvalue weighted by atomic mass is 9.96. The van der Waals surface area contributed by atoms with Crippen LogP contribution in [-0.4, -0.2) is 73.2 Å². The highest BCUT2D eigenvalue weighted by atomic mass is 32.2. The van der Waals surface area contributed by atoms with E-state index in [4.69, 9.17) is 19.4 Å². The molecule has 5 rings (SSSR count). The third kappa shape index (κ3) is 5.99. The minimum absolute atomic E-state index is 0.155. The van der Waals surface area contributed by atoms with Gasteiger partial charge in [0.15, 0.2) is 5.82 Å². The fourth-order valence-corrected chi connectivity index (χ4v) is 5.81. The number of hydrogen-bond donors (Lipinski definition) is 2. The maximum absolute atomic E-state index is 12.6. The van der Waals surface area contributed by atoms with E-state index < -0.39 is 16.1 Å². The van der Waals surface area contributed by atoms with Gasteiger partial charge in [0.25, 0.3) is 0 Å². The van der Waals surface area contributed by atoms with Gasteiger partial charge in [0.1, 0.15) is 18.5 Å². The van der Waals surface area contributed by atoms with E-state index in [1.54, 1.807) is 19.3 Å². The summed E-state index contributed by atoms with van der Waals surface area (Å²) in [7, 11) is -1.75. The van der Waals surface area contributed by atoms with Crippen LogP contribution in [0.15, 0.2) is 54.7 Å². The van der Waals surface area contributed by atoms with Gasteiger partial charge in [-0.1, -0.05) is 30.3 Å². The number of rotatable bonds is 10. The molecule has 1 aliphatic heterocycles. The second-order valence-corrected chi connectivity index (χ2v) is 11.9. The Balaban J connectivity index is 1.62. The molecule has 1 aliphatic rings. The topological polar surface area (TPSA) is 116 Å². The van der Waals surface area contributed by atoms with Gasteiger partial charge in [-0.15, -0.1) is 0 Å². The number of ether oxygens (including phenoxy) is 2. The number of hydrogen-bond acceptors (Lipinski definition) is 8. The number of aliphatic hydroxyl groups is 1. The number of nitrogens with one attached hydrogen (secondary N) is 1. The van der Waals surface area contributed by atoms with Crippen LogP contribution in [0.25, 0.3) is 33.5 Å². The Hall–Kier alpha value is -3.31. The molecule has 2 aromatic carbocycles. The van der Waals surface area contributed by atoms with Gasteiger partial charge < -0.3 is 19.9 Å². The van der Waals surface area contributed by atoms with Crippen LogP contribution in [0, 0.1) is 12.8 Å². The normalized spacial score (nSPS) is 16.6. The van der Waals surface area contributed by atoms with Crippen LogP contribution in [-0.2, 0) is 21.2 Å². The standard InChI is InChI=1S/C29H34N4O5S/c1-19-26(13-20-11-12-37-17-20)31-29(21-7-6-8-23(14-21)38-18-22(34)15-30-2)32-28(19)25-16-33(39(3,35)36)27-10-5-4-9-24(25)27/h4-10,14,16,20,22,30,34H,11-13,15,17-18H2,1-3H3/t20-,22+/m0/s1. The van der Waals surface area contributed by atoms with Crippen LogP contribution in [0.4, 0.5) is 0 Å². The van der Waals surface area contributed by atoms with Crippen LogP contribution in [0.1, 0.15) is 17.7 Å². The summed E-state index contributed by atoms with van der Waals surface area (Å²) in [4.78, 5) is 9.98. The fourth-order valence-electron chi connectivity index (χ4n) is 5.00. The molecule has 2 aromatic heterocycles. The third-order valence-electron chi connectivity index (χ3n) is 7.02. The predicted molar refractivity (Wildman–Crippen MR) is 151 cm³/mol. The molecule has 1 fully saturated rings. The number of aromatic nitrogens is 3. The maximum atomic E-state index is 12.6. The van der Waals surface area contributed by atoms with Crippen molar-refractivity contribution in [3.05, 3.63) is 66.0 Å². The summed E-state index contributed by atoms with van der Waals surface area (Å²) in [6.07, 6.45) is 3.94. The van der Waals surface area contributed by atoms with Crippen molar-refractivity contribution in [3.8, 4) is 28.4 Å². The zero-order valence-electron chi connectivity index (χ0n) is 22.4. The van der Waals surface area contributed by atoms with Crippen LogP contribution in [0.2, 0.25) is 0 Å². The molecule has 39 heavy (non-hydrogen) atoms. The summed E-state index contributed by atoms with van der Waals surface area (Å²) in [5.41, 5.74) is 4.65. The minimum Gasteiger partial charge on any atom is -0.491 e. The van der Waals surface area contributed by atoms with E-state index in [0.717, 1.165) is 47.2 Å². The molecule has 10 heteroatoms. The maximum Gasteiger partial charge on any atom is 0.236 e. The number of likely N-dealkylation sites (N-methyl/N-ethyl adjacent to an activating group) is 1. The second-order valence-electron chi connectivity index (χ2n) is 10.1. The van der Waals surface area contributed by atoms with Crippen molar-refractivity contribution < 1.29 is 23.0 Å². The van der Waals surface area contributed by atoms with E-state index >= 15 is 0 Å². The number of fused-ring (bicyclic) bond motifs is 1. The molecule has 1 saturated heterocycles. The van der Waals surface area contributed by atoms with Crippen LogP contribution in [0.5, 0.6) is 5.75 Å². The second kappa shape index (κ2) is 11.4. The molecule has 0 bridgehead atoms. The van der Waals surface area contributed by atoms with Gasteiger partial charge in [-0.25, -0.2) is 22.4 Å². The van der Waals surface area contributed by atoms with Crippen molar-refractivity contribution in [1.29, 1.82) is 0 Å². The van der Waals surface area contributed by atoms with E-state index in [0.29, 0.717) is 41.9 Å². The highest BCUT2D eigenvalue weighted by molar-refractivity contribution is 7.89. The monoisotopic (exact) mass is 550 g/mol. The zero-order chi connectivity index (χ0) is 27.6. The number of aliphatic hydroxyl groups excluding tert-OH is 1. The summed E-state index contributed by atoms with van der Waals surface area (Å²) in [5.74, 6) is 1.50. The van der Waals surface area contributed by atoms with Crippen molar-refractivity contribution in [2.75, 3.05) is 39.7 Å². The molecule has 9 nitrogen and oxygen atoms in total. The molecule has 0 aliphatic carbocycles. The number of benzene rings is 2. The third-order valence-corrected chi connectivity index (χ3v) is 8.03. The molecule has 2 N–H and O–H groups in total. The average Bonchev–Trinajstić information content (AvgIpc) is 3.57. The van der Waals surface area contributed by atoms with E-state index in [-0.39, 0.29) is 6.61 Å². The van der Waals surface area contributed by atoms with E-state index in [1.807, 2.05) is 49.4 Å². The first-order valence-corrected chi connectivity index (χ1v) is 14.9. The van der Waals surface area contributed by atoms with Gasteiger partial charge in [-0.3, -0.25) is 0 Å². The summed E-state index contributed by atoms with van der Waals surface area (Å²) < 4.78 is 38.0. The number of para-hydroxylation sites is 1. The Morgan fingerprint density at radius 2 is 2.03 bits per heavy atom. The predicted octanol–water partition coefficient (Wildman–Crippen LogP) is 3.42. The minimum atomic E-state index is -3.53. The van der Waals surface area contributed by atoms with Gasteiger partial charge in [0, 0.05) is 48.2 Å². The van der Waals surface area contributed by atoms with Crippen LogP contribution < -0.4 is 10.1 Å². The Labute approximate surface area is 228 Å². The van der Waals surface area contributed by atoms with E-state index in [9.17, 15) is 13.5 Å². The Morgan fingerprint density at radius 1 is 1.21 bits per heavy atom. The lowest BCUT2D eigenvalue weighted by Gasteiger charge is -2.16. The van der Waals surface area contributed by atoms with Crippen molar-refractivity contribution in [3.63, 3.8) is 0 Å². The summed E-state index contributed by atoms with van der Waals surface area (Å²) >= 11 is 0. The molecule has 0 radical (unpaired) electrons. The smallest absolute Gasteiger partial charge is 0.236 e. The Morgan fingerprint density at radius 3 is 2.77 bits per heavy atom. The van der Waals surface area contributed by atoms with Crippen molar-refractivity contribution in [1.82, 2.24) is 19.3 Å². The molecule has 2 atom stereocenters.